The van der Waals surface area contributed by atoms with Crippen LogP contribution in [0.15, 0.2) is 54.3 Å². The molecule has 1 N–H and O–H groups in total. The summed E-state index contributed by atoms with van der Waals surface area (Å²) in [6, 6.07) is 14.1. The highest BCUT2D eigenvalue weighted by Gasteiger charge is 2.41. The largest absolute Gasteiger partial charge is 0.482 e. The molecule has 2 aliphatic carbocycles. The van der Waals surface area contributed by atoms with Gasteiger partial charge in [-0.3, -0.25) is 9.59 Å². The van der Waals surface area contributed by atoms with Crippen molar-refractivity contribution < 1.29 is 18.7 Å². The number of halogens is 1. The number of fused-ring (bicyclic) bond motifs is 1. The minimum Gasteiger partial charge on any atom is -0.482 e. The van der Waals surface area contributed by atoms with Gasteiger partial charge in [0, 0.05) is 23.7 Å². The van der Waals surface area contributed by atoms with E-state index in [9.17, 15) is 14.0 Å². The fourth-order valence-electron chi connectivity index (χ4n) is 5.73. The Kier molecular flexibility index (Phi) is 7.40. The number of rotatable bonds is 5. The molecule has 1 heterocycles. The molecule has 3 aliphatic rings. The zero-order chi connectivity index (χ0) is 25.1. The molecule has 2 aromatic rings. The summed E-state index contributed by atoms with van der Waals surface area (Å²) >= 11 is 0. The molecule has 36 heavy (non-hydrogen) atoms. The van der Waals surface area contributed by atoms with Crippen LogP contribution in [0.3, 0.4) is 0 Å². The predicted octanol–water partition coefficient (Wildman–Crippen LogP) is 5.85. The van der Waals surface area contributed by atoms with Crippen LogP contribution >= 0.6 is 0 Å². The summed E-state index contributed by atoms with van der Waals surface area (Å²) in [5.74, 6) is 0.450. The van der Waals surface area contributed by atoms with Crippen LogP contribution in [0, 0.1) is 11.7 Å². The van der Waals surface area contributed by atoms with Crippen molar-refractivity contribution in [1.82, 2.24) is 10.2 Å². The van der Waals surface area contributed by atoms with Crippen LogP contribution in [0.25, 0.3) is 6.08 Å². The van der Waals surface area contributed by atoms with Crippen LogP contribution in [-0.2, 0) is 16.1 Å². The molecule has 0 radical (unpaired) electrons. The van der Waals surface area contributed by atoms with Gasteiger partial charge >= 0.3 is 0 Å². The maximum Gasteiger partial charge on any atom is 0.289 e. The summed E-state index contributed by atoms with van der Waals surface area (Å²) in [5.41, 5.74) is 1.92. The second kappa shape index (κ2) is 10.9. The Balaban J connectivity index is 1.31. The molecule has 2 atom stereocenters. The van der Waals surface area contributed by atoms with Crippen LogP contribution < -0.4 is 5.32 Å². The third kappa shape index (κ3) is 5.48. The molecule has 1 saturated heterocycles. The monoisotopic (exact) mass is 490 g/mol. The van der Waals surface area contributed by atoms with Crippen molar-refractivity contribution in [3.8, 4) is 0 Å². The minimum atomic E-state index is -0.300. The number of hydrogen-bond donors (Lipinski definition) is 1. The molecule has 5 nitrogen and oxygen atoms in total. The van der Waals surface area contributed by atoms with Gasteiger partial charge in [-0.25, -0.2) is 4.39 Å². The first-order valence-electron chi connectivity index (χ1n) is 13.3. The fourth-order valence-corrected chi connectivity index (χ4v) is 5.73. The third-order valence-corrected chi connectivity index (χ3v) is 7.94. The van der Waals surface area contributed by atoms with Gasteiger partial charge < -0.3 is 15.0 Å². The van der Waals surface area contributed by atoms with Crippen molar-refractivity contribution in [2.45, 2.75) is 83.0 Å². The van der Waals surface area contributed by atoms with Crippen molar-refractivity contribution >= 4 is 17.9 Å². The molecule has 2 aromatic carbocycles. The van der Waals surface area contributed by atoms with Crippen molar-refractivity contribution in [3.05, 3.63) is 76.8 Å². The molecule has 3 fully saturated rings. The van der Waals surface area contributed by atoms with Crippen molar-refractivity contribution in [2.24, 2.45) is 5.92 Å². The average Bonchev–Trinajstić information content (AvgIpc) is 2.89. The normalized spacial score (nSPS) is 27.3. The Morgan fingerprint density at radius 2 is 1.75 bits per heavy atom. The Morgan fingerprint density at radius 1 is 1.03 bits per heavy atom. The zero-order valence-electron chi connectivity index (χ0n) is 20.9. The van der Waals surface area contributed by atoms with Gasteiger partial charge in [-0.05, 0) is 80.7 Å². The average molecular weight is 491 g/mol. The molecular formula is C30H35FN2O3. The number of amides is 2. The van der Waals surface area contributed by atoms with Gasteiger partial charge in [0.2, 0.25) is 0 Å². The molecule has 6 heteroatoms. The number of carbonyl (C=O) groups excluding carboxylic acids is 2. The van der Waals surface area contributed by atoms with E-state index in [2.05, 4.69) is 12.2 Å². The second-order valence-electron chi connectivity index (χ2n) is 10.6. The summed E-state index contributed by atoms with van der Waals surface area (Å²) < 4.78 is 20.6. The first kappa shape index (κ1) is 24.5. The number of nitrogens with one attached hydrogen (secondary N) is 1. The van der Waals surface area contributed by atoms with E-state index in [0.717, 1.165) is 62.8 Å². The summed E-state index contributed by atoms with van der Waals surface area (Å²) in [4.78, 5) is 28.0. The number of morpholine rings is 1. The van der Waals surface area contributed by atoms with Crippen molar-refractivity contribution in [1.29, 1.82) is 0 Å². The molecule has 2 saturated carbocycles. The standard InChI is InChI=1S/C30H35FN2O3/c1-20-10-16-24(17-11-20)32-29(34)22-14-12-21(13-15-22)18-28-30(35)33(19-23-6-2-3-7-25(23)31)26-8-4-5-9-27(26)36-28/h2-3,6-7,12-15,18,20,24,26-27H,4-5,8-11,16-17,19H2,1H3,(H,32,34)/b28-18-. The Bertz CT molecular complexity index is 1120. The van der Waals surface area contributed by atoms with E-state index in [1.165, 1.54) is 6.07 Å². The summed E-state index contributed by atoms with van der Waals surface area (Å²) in [5, 5.41) is 3.16. The number of hydrogen-bond acceptors (Lipinski definition) is 3. The van der Waals surface area contributed by atoms with E-state index in [1.807, 2.05) is 12.1 Å². The highest BCUT2D eigenvalue weighted by molar-refractivity contribution is 5.97. The number of ether oxygens (including phenoxy) is 1. The van der Waals surface area contributed by atoms with Gasteiger partial charge in [0.15, 0.2) is 5.76 Å². The van der Waals surface area contributed by atoms with Crippen LogP contribution in [0.5, 0.6) is 0 Å². The van der Waals surface area contributed by atoms with Gasteiger partial charge in [0.05, 0.1) is 6.04 Å². The number of carbonyl (C=O) groups is 2. The van der Waals surface area contributed by atoms with Crippen LogP contribution in [0.4, 0.5) is 4.39 Å². The Labute approximate surface area is 212 Å². The van der Waals surface area contributed by atoms with Gasteiger partial charge in [-0.1, -0.05) is 43.7 Å². The molecule has 2 amide bonds. The number of nitrogens with zero attached hydrogens (tertiary/aromatic N) is 1. The maximum atomic E-state index is 14.4. The molecule has 5 rings (SSSR count). The van der Waals surface area contributed by atoms with Gasteiger partial charge in [-0.15, -0.1) is 0 Å². The quantitative estimate of drug-likeness (QED) is 0.535. The van der Waals surface area contributed by atoms with E-state index >= 15 is 0 Å². The summed E-state index contributed by atoms with van der Waals surface area (Å²) in [6.07, 6.45) is 9.86. The summed E-state index contributed by atoms with van der Waals surface area (Å²) in [6.45, 7) is 2.49. The first-order chi connectivity index (χ1) is 17.5. The fraction of sp³-hybridized carbons (Fsp3) is 0.467. The lowest BCUT2D eigenvalue weighted by Gasteiger charge is -2.44. The SMILES string of the molecule is CC1CCC(NC(=O)c2ccc(/C=C3\OC4CCCCC4N(Cc4ccccc4F)C3=O)cc2)CC1. The highest BCUT2D eigenvalue weighted by atomic mass is 19.1. The minimum absolute atomic E-state index is 0.0446. The molecule has 190 valence electrons. The second-order valence-corrected chi connectivity index (χ2v) is 10.6. The van der Waals surface area contributed by atoms with Crippen molar-refractivity contribution in [3.63, 3.8) is 0 Å². The molecule has 2 unspecified atom stereocenters. The van der Waals surface area contributed by atoms with Crippen LogP contribution in [0.2, 0.25) is 0 Å². The van der Waals surface area contributed by atoms with Gasteiger partial charge in [0.1, 0.15) is 11.9 Å². The van der Waals surface area contributed by atoms with Crippen molar-refractivity contribution in [2.75, 3.05) is 0 Å². The molecule has 0 aromatic heterocycles. The van der Waals surface area contributed by atoms with E-state index in [-0.39, 0.29) is 48.1 Å². The lowest BCUT2D eigenvalue weighted by atomic mass is 9.87. The van der Waals surface area contributed by atoms with E-state index < -0.39 is 0 Å². The Hall–Kier alpha value is -3.15. The van der Waals surface area contributed by atoms with Gasteiger partial charge in [-0.2, -0.15) is 0 Å². The molecule has 0 bridgehead atoms. The topological polar surface area (TPSA) is 58.6 Å². The van der Waals surface area contributed by atoms with E-state index in [0.29, 0.717) is 11.1 Å². The van der Waals surface area contributed by atoms with Crippen LogP contribution in [0.1, 0.15) is 79.8 Å². The first-order valence-corrected chi connectivity index (χ1v) is 13.3. The summed E-state index contributed by atoms with van der Waals surface area (Å²) in [7, 11) is 0. The molecule has 1 aliphatic heterocycles. The van der Waals surface area contributed by atoms with E-state index in [4.69, 9.17) is 4.74 Å². The Morgan fingerprint density at radius 3 is 2.50 bits per heavy atom. The smallest absolute Gasteiger partial charge is 0.289 e. The highest BCUT2D eigenvalue weighted by Crippen LogP contribution is 2.34. The predicted molar refractivity (Wildman–Crippen MR) is 137 cm³/mol. The van der Waals surface area contributed by atoms with Crippen LogP contribution in [-0.4, -0.2) is 34.9 Å². The third-order valence-electron chi connectivity index (χ3n) is 7.94. The number of benzene rings is 2. The molecular weight excluding hydrogens is 455 g/mol. The lowest BCUT2D eigenvalue weighted by molar-refractivity contribution is -0.149. The zero-order valence-corrected chi connectivity index (χ0v) is 20.9. The van der Waals surface area contributed by atoms with Gasteiger partial charge in [0.25, 0.3) is 11.8 Å². The van der Waals surface area contributed by atoms with E-state index in [1.54, 1.807) is 41.3 Å². The lowest BCUT2D eigenvalue weighted by Crippen LogP contribution is -2.54. The maximum absolute atomic E-state index is 14.4. The molecule has 0 spiro atoms.